The van der Waals surface area contributed by atoms with Crippen LogP contribution < -0.4 is 0 Å². The lowest BCUT2D eigenvalue weighted by atomic mass is 10.2. The van der Waals surface area contributed by atoms with E-state index >= 15 is 0 Å². The maximum absolute atomic E-state index is 10.8. The summed E-state index contributed by atoms with van der Waals surface area (Å²) in [6, 6.07) is 0. The van der Waals surface area contributed by atoms with Gasteiger partial charge in [0.15, 0.2) is 0 Å². The fourth-order valence-corrected chi connectivity index (χ4v) is 1.36. The van der Waals surface area contributed by atoms with Gasteiger partial charge in [-0.1, -0.05) is 0 Å². The standard InChI is InChI=1S/C8H12O3/c1-5(9)7-4-8(7,3)11-6(2)10/h7H,4H2,1-3H3. The van der Waals surface area contributed by atoms with E-state index in [9.17, 15) is 9.59 Å². The van der Waals surface area contributed by atoms with Gasteiger partial charge in [-0.15, -0.1) is 0 Å². The molecule has 0 N–H and O–H groups in total. The lowest BCUT2D eigenvalue weighted by molar-refractivity contribution is -0.148. The zero-order valence-corrected chi connectivity index (χ0v) is 7.01. The van der Waals surface area contributed by atoms with Crippen molar-refractivity contribution in [3.05, 3.63) is 0 Å². The van der Waals surface area contributed by atoms with E-state index in [0.29, 0.717) is 6.42 Å². The molecule has 0 aromatic rings. The molecule has 2 unspecified atom stereocenters. The van der Waals surface area contributed by atoms with E-state index in [1.54, 1.807) is 6.92 Å². The Balaban J connectivity index is 2.49. The molecular formula is C8H12O3. The van der Waals surface area contributed by atoms with Crippen LogP contribution in [-0.4, -0.2) is 17.4 Å². The number of carbonyl (C=O) groups is 2. The summed E-state index contributed by atoms with van der Waals surface area (Å²) < 4.78 is 4.96. The molecule has 0 aromatic carbocycles. The number of esters is 1. The van der Waals surface area contributed by atoms with Crippen molar-refractivity contribution in [2.45, 2.75) is 32.8 Å². The van der Waals surface area contributed by atoms with Crippen molar-refractivity contribution in [2.75, 3.05) is 0 Å². The molecule has 0 radical (unpaired) electrons. The molecule has 0 heterocycles. The summed E-state index contributed by atoms with van der Waals surface area (Å²) in [5.74, 6) is -0.267. The summed E-state index contributed by atoms with van der Waals surface area (Å²) in [4.78, 5) is 21.3. The molecule has 0 amide bonds. The zero-order valence-electron chi connectivity index (χ0n) is 7.01. The predicted molar refractivity (Wildman–Crippen MR) is 39.0 cm³/mol. The number of ketones is 1. The normalized spacial score (nSPS) is 34.6. The van der Waals surface area contributed by atoms with Crippen LogP contribution in [0, 0.1) is 5.92 Å². The number of rotatable bonds is 2. The monoisotopic (exact) mass is 156 g/mol. The Morgan fingerprint density at radius 3 is 2.27 bits per heavy atom. The van der Waals surface area contributed by atoms with Crippen molar-refractivity contribution in [1.29, 1.82) is 0 Å². The number of carbonyl (C=O) groups excluding carboxylic acids is 2. The summed E-state index contributed by atoms with van der Waals surface area (Å²) in [6.45, 7) is 4.68. The number of ether oxygens (including phenoxy) is 1. The van der Waals surface area contributed by atoms with Crippen LogP contribution in [0.2, 0.25) is 0 Å². The quantitative estimate of drug-likeness (QED) is 0.558. The Hall–Kier alpha value is -0.860. The van der Waals surface area contributed by atoms with E-state index in [-0.39, 0.29) is 17.7 Å². The van der Waals surface area contributed by atoms with Gasteiger partial charge in [-0.3, -0.25) is 9.59 Å². The number of Topliss-reactive ketones (excluding diaryl/α,β-unsaturated/α-hetero) is 1. The van der Waals surface area contributed by atoms with Gasteiger partial charge < -0.3 is 4.74 Å². The molecule has 3 heteroatoms. The first-order valence-electron chi connectivity index (χ1n) is 3.66. The van der Waals surface area contributed by atoms with Gasteiger partial charge in [0.1, 0.15) is 11.4 Å². The number of hydrogen-bond donors (Lipinski definition) is 0. The van der Waals surface area contributed by atoms with Gasteiger partial charge >= 0.3 is 5.97 Å². The fourth-order valence-electron chi connectivity index (χ4n) is 1.36. The highest BCUT2D eigenvalue weighted by molar-refractivity contribution is 5.83. The highest BCUT2D eigenvalue weighted by atomic mass is 16.6. The lowest BCUT2D eigenvalue weighted by Crippen LogP contribution is -2.18. The van der Waals surface area contributed by atoms with E-state index in [1.807, 2.05) is 0 Å². The molecule has 62 valence electrons. The highest BCUT2D eigenvalue weighted by Gasteiger charge is 2.56. The van der Waals surface area contributed by atoms with Crippen molar-refractivity contribution in [1.82, 2.24) is 0 Å². The van der Waals surface area contributed by atoms with Crippen molar-refractivity contribution in [3.8, 4) is 0 Å². The van der Waals surface area contributed by atoms with Crippen LogP contribution >= 0.6 is 0 Å². The van der Waals surface area contributed by atoms with Crippen molar-refractivity contribution < 1.29 is 14.3 Å². The van der Waals surface area contributed by atoms with E-state index < -0.39 is 5.60 Å². The van der Waals surface area contributed by atoms with Gasteiger partial charge in [0.05, 0.1) is 5.92 Å². The fraction of sp³-hybridized carbons (Fsp3) is 0.750. The minimum absolute atomic E-state index is 0.0635. The maximum atomic E-state index is 10.8. The third-order valence-electron chi connectivity index (χ3n) is 2.05. The molecule has 1 saturated carbocycles. The second kappa shape index (κ2) is 2.32. The van der Waals surface area contributed by atoms with Gasteiger partial charge in [0.2, 0.25) is 0 Å². The summed E-state index contributed by atoms with van der Waals surface area (Å²) >= 11 is 0. The summed E-state index contributed by atoms with van der Waals surface area (Å²) in [7, 11) is 0. The van der Waals surface area contributed by atoms with Crippen LogP contribution in [0.25, 0.3) is 0 Å². The first kappa shape index (κ1) is 8.24. The van der Waals surface area contributed by atoms with Crippen LogP contribution in [0.1, 0.15) is 27.2 Å². The molecular weight excluding hydrogens is 144 g/mol. The predicted octanol–water partition coefficient (Wildman–Crippen LogP) is 0.917. The molecule has 0 saturated heterocycles. The van der Waals surface area contributed by atoms with E-state index in [4.69, 9.17) is 4.74 Å². The Kier molecular flexibility index (Phi) is 1.74. The van der Waals surface area contributed by atoms with Gasteiger partial charge in [0, 0.05) is 13.3 Å². The highest BCUT2D eigenvalue weighted by Crippen LogP contribution is 2.46. The van der Waals surface area contributed by atoms with Crippen LogP contribution in [0.5, 0.6) is 0 Å². The topological polar surface area (TPSA) is 43.4 Å². The van der Waals surface area contributed by atoms with Crippen molar-refractivity contribution >= 4 is 11.8 Å². The molecule has 0 spiro atoms. The second-order valence-electron chi connectivity index (χ2n) is 3.27. The molecule has 1 aliphatic rings. The van der Waals surface area contributed by atoms with Crippen LogP contribution in [0.15, 0.2) is 0 Å². The SMILES string of the molecule is CC(=O)OC1(C)CC1C(C)=O. The summed E-state index contributed by atoms with van der Waals surface area (Å²) in [5, 5.41) is 0. The molecule has 0 aliphatic heterocycles. The molecule has 1 aliphatic carbocycles. The lowest BCUT2D eigenvalue weighted by Gasteiger charge is -2.09. The number of hydrogen-bond acceptors (Lipinski definition) is 3. The average molecular weight is 156 g/mol. The summed E-state index contributed by atoms with van der Waals surface area (Å²) in [5.41, 5.74) is -0.488. The third kappa shape index (κ3) is 1.59. The van der Waals surface area contributed by atoms with Gasteiger partial charge in [-0.2, -0.15) is 0 Å². The van der Waals surface area contributed by atoms with Gasteiger partial charge in [-0.05, 0) is 13.8 Å². The van der Waals surface area contributed by atoms with Crippen LogP contribution in [-0.2, 0) is 14.3 Å². The molecule has 1 fully saturated rings. The zero-order chi connectivity index (χ0) is 8.65. The van der Waals surface area contributed by atoms with E-state index in [1.165, 1.54) is 13.8 Å². The van der Waals surface area contributed by atoms with Gasteiger partial charge in [-0.25, -0.2) is 0 Å². The van der Waals surface area contributed by atoms with Crippen molar-refractivity contribution in [3.63, 3.8) is 0 Å². The van der Waals surface area contributed by atoms with Gasteiger partial charge in [0.25, 0.3) is 0 Å². The van der Waals surface area contributed by atoms with Crippen LogP contribution in [0.3, 0.4) is 0 Å². The minimum atomic E-state index is -0.488. The Bertz CT molecular complexity index is 209. The Morgan fingerprint density at radius 2 is 2.00 bits per heavy atom. The summed E-state index contributed by atoms with van der Waals surface area (Å²) in [6.07, 6.45) is 0.682. The van der Waals surface area contributed by atoms with Crippen molar-refractivity contribution in [2.24, 2.45) is 5.92 Å². The largest absolute Gasteiger partial charge is 0.459 e. The molecule has 2 atom stereocenters. The first-order chi connectivity index (χ1) is 4.96. The second-order valence-corrected chi connectivity index (χ2v) is 3.27. The van der Waals surface area contributed by atoms with E-state index in [0.717, 1.165) is 0 Å². The molecule has 0 aromatic heterocycles. The van der Waals surface area contributed by atoms with Crippen LogP contribution in [0.4, 0.5) is 0 Å². The first-order valence-corrected chi connectivity index (χ1v) is 3.66. The minimum Gasteiger partial charge on any atom is -0.459 e. The van der Waals surface area contributed by atoms with E-state index in [2.05, 4.69) is 0 Å². The molecule has 3 nitrogen and oxygen atoms in total. The molecule has 11 heavy (non-hydrogen) atoms. The molecule has 0 bridgehead atoms. The molecule has 1 rings (SSSR count). The Morgan fingerprint density at radius 1 is 1.45 bits per heavy atom. The Labute approximate surface area is 65.7 Å². The third-order valence-corrected chi connectivity index (χ3v) is 2.05. The maximum Gasteiger partial charge on any atom is 0.303 e. The smallest absolute Gasteiger partial charge is 0.303 e. The average Bonchev–Trinajstić information content (AvgIpc) is 2.39.